The zero-order valence-corrected chi connectivity index (χ0v) is 7.84. The number of benzene rings is 1. The third kappa shape index (κ3) is 2.06. The van der Waals surface area contributed by atoms with E-state index in [0.29, 0.717) is 4.90 Å². The fraction of sp³-hybridized carbons (Fsp3) is 0.250. The molecule has 0 aromatic heterocycles. The number of nitrogens with zero attached hydrogens (tertiary/aromatic N) is 1. The molecule has 1 N–H and O–H groups in total. The standard InChI is InChI=1S/C8H11NO2S/c1-9(2)7-3-5-8(6-4-7)12(10)11/h3-6H,1-2H3,(H,10,11). The maximum Gasteiger partial charge on any atom is 0.186 e. The summed E-state index contributed by atoms with van der Waals surface area (Å²) in [6, 6.07) is 6.91. The van der Waals surface area contributed by atoms with Crippen LogP contribution in [0, 0.1) is 0 Å². The molecule has 0 aliphatic heterocycles. The molecule has 66 valence electrons. The monoisotopic (exact) mass is 185 g/mol. The van der Waals surface area contributed by atoms with Crippen LogP contribution < -0.4 is 4.90 Å². The highest BCUT2D eigenvalue weighted by molar-refractivity contribution is 7.79. The molecule has 1 aromatic carbocycles. The van der Waals surface area contributed by atoms with E-state index in [2.05, 4.69) is 0 Å². The molecule has 1 atom stereocenters. The summed E-state index contributed by atoms with van der Waals surface area (Å²) in [5, 5.41) is 0. The molecule has 0 fully saturated rings. The van der Waals surface area contributed by atoms with Crippen LogP contribution in [-0.4, -0.2) is 22.9 Å². The Bertz CT molecular complexity index is 282. The van der Waals surface area contributed by atoms with E-state index in [1.165, 1.54) is 0 Å². The Kier molecular flexibility index (Phi) is 2.83. The summed E-state index contributed by atoms with van der Waals surface area (Å²) in [7, 11) is 3.84. The highest BCUT2D eigenvalue weighted by Gasteiger charge is 1.99. The normalized spacial score (nSPS) is 12.6. The molecule has 0 bridgehead atoms. The van der Waals surface area contributed by atoms with E-state index in [4.69, 9.17) is 4.55 Å². The van der Waals surface area contributed by atoms with Crippen molar-refractivity contribution in [3.05, 3.63) is 24.3 Å². The zero-order valence-electron chi connectivity index (χ0n) is 7.02. The quantitative estimate of drug-likeness (QED) is 0.707. The van der Waals surface area contributed by atoms with Crippen LogP contribution in [0.3, 0.4) is 0 Å². The van der Waals surface area contributed by atoms with E-state index in [1.807, 2.05) is 31.1 Å². The first-order valence-corrected chi connectivity index (χ1v) is 4.60. The van der Waals surface area contributed by atoms with Crippen molar-refractivity contribution in [3.8, 4) is 0 Å². The lowest BCUT2D eigenvalue weighted by Gasteiger charge is -2.11. The molecule has 0 aliphatic rings. The molecular formula is C8H11NO2S. The van der Waals surface area contributed by atoms with Crippen molar-refractivity contribution < 1.29 is 8.76 Å². The van der Waals surface area contributed by atoms with Gasteiger partial charge in [0.15, 0.2) is 11.1 Å². The fourth-order valence-electron chi connectivity index (χ4n) is 0.861. The number of hydrogen-bond acceptors (Lipinski definition) is 2. The molecule has 0 spiro atoms. The maximum atomic E-state index is 10.6. The van der Waals surface area contributed by atoms with Gasteiger partial charge in [-0.3, -0.25) is 0 Å². The van der Waals surface area contributed by atoms with Crippen molar-refractivity contribution in [2.45, 2.75) is 4.90 Å². The molecule has 1 aromatic rings. The van der Waals surface area contributed by atoms with E-state index in [1.54, 1.807) is 12.1 Å². The lowest BCUT2D eigenvalue weighted by molar-refractivity contribution is 0.564. The Balaban J connectivity index is 2.93. The molecule has 1 rings (SSSR count). The van der Waals surface area contributed by atoms with Crippen LogP contribution in [0.15, 0.2) is 29.2 Å². The average Bonchev–Trinajstić information content (AvgIpc) is 2.04. The summed E-state index contributed by atoms with van der Waals surface area (Å²) in [4.78, 5) is 2.37. The van der Waals surface area contributed by atoms with Crippen LogP contribution in [-0.2, 0) is 11.1 Å². The maximum absolute atomic E-state index is 10.6. The molecule has 12 heavy (non-hydrogen) atoms. The van der Waals surface area contributed by atoms with E-state index < -0.39 is 11.1 Å². The van der Waals surface area contributed by atoms with Gasteiger partial charge in [-0.2, -0.15) is 0 Å². The smallest absolute Gasteiger partial charge is 0.186 e. The summed E-state index contributed by atoms with van der Waals surface area (Å²) >= 11 is -1.87. The van der Waals surface area contributed by atoms with Crippen LogP contribution in [0.1, 0.15) is 0 Å². The van der Waals surface area contributed by atoms with Crippen LogP contribution in [0.25, 0.3) is 0 Å². The minimum Gasteiger partial charge on any atom is -0.378 e. The lowest BCUT2D eigenvalue weighted by Crippen LogP contribution is -2.08. The number of hydrogen-bond donors (Lipinski definition) is 1. The summed E-state index contributed by atoms with van der Waals surface area (Å²) in [6.07, 6.45) is 0. The lowest BCUT2D eigenvalue weighted by atomic mass is 10.3. The molecule has 0 radical (unpaired) electrons. The van der Waals surface area contributed by atoms with Crippen LogP contribution in [0.5, 0.6) is 0 Å². The highest BCUT2D eigenvalue weighted by Crippen LogP contribution is 2.13. The number of anilines is 1. The van der Waals surface area contributed by atoms with Crippen molar-refractivity contribution in [2.75, 3.05) is 19.0 Å². The van der Waals surface area contributed by atoms with E-state index in [-0.39, 0.29) is 0 Å². The van der Waals surface area contributed by atoms with Gasteiger partial charge in [-0.15, -0.1) is 0 Å². The Morgan fingerprint density at radius 3 is 2.08 bits per heavy atom. The first-order valence-electron chi connectivity index (χ1n) is 3.49. The number of rotatable bonds is 2. The highest BCUT2D eigenvalue weighted by atomic mass is 32.2. The molecule has 0 aliphatic carbocycles. The van der Waals surface area contributed by atoms with Gasteiger partial charge in [0.05, 0.1) is 4.90 Å². The van der Waals surface area contributed by atoms with Gasteiger partial charge in [0.25, 0.3) is 0 Å². The molecule has 1 unspecified atom stereocenters. The molecule has 4 heteroatoms. The van der Waals surface area contributed by atoms with Gasteiger partial charge in [-0.25, -0.2) is 4.21 Å². The van der Waals surface area contributed by atoms with E-state index in [0.717, 1.165) is 5.69 Å². The third-order valence-corrected chi connectivity index (χ3v) is 2.23. The van der Waals surface area contributed by atoms with Crippen molar-refractivity contribution in [1.82, 2.24) is 0 Å². The first-order chi connectivity index (χ1) is 5.61. The molecular weight excluding hydrogens is 174 g/mol. The van der Waals surface area contributed by atoms with Crippen LogP contribution in [0.2, 0.25) is 0 Å². The SMILES string of the molecule is CN(C)c1ccc(S(=O)O)cc1. The Morgan fingerprint density at radius 2 is 1.75 bits per heavy atom. The molecule has 0 amide bonds. The van der Waals surface area contributed by atoms with Crippen molar-refractivity contribution in [2.24, 2.45) is 0 Å². The summed E-state index contributed by atoms with van der Waals surface area (Å²) < 4.78 is 19.3. The van der Waals surface area contributed by atoms with Crippen molar-refractivity contribution in [1.29, 1.82) is 0 Å². The van der Waals surface area contributed by atoms with Gasteiger partial charge in [0, 0.05) is 19.8 Å². The van der Waals surface area contributed by atoms with E-state index in [9.17, 15) is 4.21 Å². The van der Waals surface area contributed by atoms with Crippen LogP contribution in [0.4, 0.5) is 5.69 Å². The van der Waals surface area contributed by atoms with Crippen molar-refractivity contribution in [3.63, 3.8) is 0 Å². The minimum atomic E-state index is -1.87. The van der Waals surface area contributed by atoms with Gasteiger partial charge in [0.2, 0.25) is 0 Å². The van der Waals surface area contributed by atoms with Gasteiger partial charge in [-0.05, 0) is 24.3 Å². The predicted octanol–water partition coefficient (Wildman–Crippen LogP) is 1.33. The Labute approximate surface area is 74.3 Å². The fourth-order valence-corrected chi connectivity index (χ4v) is 1.23. The summed E-state index contributed by atoms with van der Waals surface area (Å²) in [5.74, 6) is 0. The first kappa shape index (κ1) is 9.22. The van der Waals surface area contributed by atoms with Crippen LogP contribution >= 0.6 is 0 Å². The second-order valence-electron chi connectivity index (χ2n) is 2.64. The Morgan fingerprint density at radius 1 is 1.25 bits per heavy atom. The minimum absolute atomic E-state index is 0.431. The molecule has 0 saturated heterocycles. The van der Waals surface area contributed by atoms with Gasteiger partial charge < -0.3 is 9.45 Å². The summed E-state index contributed by atoms with van der Waals surface area (Å²) in [6.45, 7) is 0. The average molecular weight is 185 g/mol. The topological polar surface area (TPSA) is 40.5 Å². The largest absolute Gasteiger partial charge is 0.378 e. The Hall–Kier alpha value is -0.870. The molecule has 3 nitrogen and oxygen atoms in total. The van der Waals surface area contributed by atoms with Gasteiger partial charge >= 0.3 is 0 Å². The third-order valence-electron chi connectivity index (χ3n) is 1.55. The second kappa shape index (κ2) is 3.69. The predicted molar refractivity (Wildman–Crippen MR) is 49.8 cm³/mol. The second-order valence-corrected chi connectivity index (χ2v) is 3.61. The molecule has 0 heterocycles. The molecule has 0 saturated carbocycles. The zero-order chi connectivity index (χ0) is 9.14. The van der Waals surface area contributed by atoms with Crippen molar-refractivity contribution >= 4 is 16.8 Å². The van der Waals surface area contributed by atoms with Gasteiger partial charge in [-0.1, -0.05) is 0 Å². The summed E-state index contributed by atoms with van der Waals surface area (Å²) in [5.41, 5.74) is 1.02. The van der Waals surface area contributed by atoms with Gasteiger partial charge in [0.1, 0.15) is 0 Å². The van der Waals surface area contributed by atoms with E-state index >= 15 is 0 Å².